The van der Waals surface area contributed by atoms with Crippen LogP contribution in [0.4, 0.5) is 11.4 Å². The van der Waals surface area contributed by atoms with Crippen LogP contribution in [0.5, 0.6) is 11.5 Å². The molecule has 0 amide bonds. The molecule has 1 spiro atoms. The summed E-state index contributed by atoms with van der Waals surface area (Å²) in [5.41, 5.74) is 3.75. The van der Waals surface area contributed by atoms with Crippen LogP contribution in [0.25, 0.3) is 0 Å². The highest BCUT2D eigenvalue weighted by atomic mass is 16.6. The molecule has 5 rings (SSSR count). The number of hydrogen-bond acceptors (Lipinski definition) is 5. The number of nitrogens with zero attached hydrogens (tertiary/aromatic N) is 2. The molecule has 166 valence electrons. The largest absolute Gasteiger partial charge is 0.456 e. The molecule has 2 heterocycles. The van der Waals surface area contributed by atoms with Gasteiger partial charge in [0.15, 0.2) is 5.60 Å². The second-order valence-electron chi connectivity index (χ2n) is 8.06. The molecule has 1 unspecified atom stereocenters. The van der Waals surface area contributed by atoms with Gasteiger partial charge in [0, 0.05) is 47.7 Å². The lowest BCUT2D eigenvalue weighted by molar-refractivity contribution is 0.0224. The maximum atomic E-state index is 13.0. The Balaban J connectivity index is 1.76. The molecule has 0 saturated heterocycles. The molecule has 0 aromatic heterocycles. The lowest BCUT2D eigenvalue weighted by Gasteiger charge is -2.37. The van der Waals surface area contributed by atoms with Crippen molar-refractivity contribution in [3.63, 3.8) is 0 Å². The molecule has 3 aromatic carbocycles. The van der Waals surface area contributed by atoms with Gasteiger partial charge in [-0.15, -0.1) is 0 Å². The number of benzene rings is 3. The molecule has 1 atom stereocenters. The van der Waals surface area contributed by atoms with Gasteiger partial charge in [-0.1, -0.05) is 24.3 Å². The van der Waals surface area contributed by atoms with Crippen molar-refractivity contribution in [3.8, 4) is 11.5 Å². The van der Waals surface area contributed by atoms with Crippen LogP contribution in [0.3, 0.4) is 0 Å². The van der Waals surface area contributed by atoms with Gasteiger partial charge in [0.25, 0.3) is 0 Å². The Morgan fingerprint density at radius 2 is 1.76 bits per heavy atom. The summed E-state index contributed by atoms with van der Waals surface area (Å²) in [5.74, 6) is 1.02. The molecule has 0 aliphatic carbocycles. The van der Waals surface area contributed by atoms with Crippen molar-refractivity contribution in [2.45, 2.75) is 26.4 Å². The van der Waals surface area contributed by atoms with Crippen molar-refractivity contribution >= 4 is 23.6 Å². The molecule has 5 heteroatoms. The standard InChI is InChI=1S/C28H26N2O3/c1-4-7-16-29-19-12-15-25-24(17-19)28(22-11-9-8-10-21(22)27(31)33-28)23-14-13-20(18-26(23)32-25)30(5-2)6-3/h4,7-18H,5-6H2,1-3H3. The van der Waals surface area contributed by atoms with E-state index in [1.807, 2.05) is 73.7 Å². The van der Waals surface area contributed by atoms with Crippen LogP contribution < -0.4 is 9.64 Å². The average molecular weight is 439 g/mol. The van der Waals surface area contributed by atoms with Gasteiger partial charge in [-0.05, 0) is 63.2 Å². The average Bonchev–Trinajstić information content (AvgIpc) is 3.13. The van der Waals surface area contributed by atoms with E-state index >= 15 is 0 Å². The first-order valence-electron chi connectivity index (χ1n) is 11.3. The zero-order valence-corrected chi connectivity index (χ0v) is 19.0. The third-order valence-corrected chi connectivity index (χ3v) is 6.31. The first-order chi connectivity index (χ1) is 16.1. The number of carbonyl (C=O) groups is 1. The summed E-state index contributed by atoms with van der Waals surface area (Å²) in [6, 6.07) is 19.5. The van der Waals surface area contributed by atoms with E-state index in [-0.39, 0.29) is 5.97 Å². The molecule has 0 bridgehead atoms. The topological polar surface area (TPSA) is 51.1 Å². The number of anilines is 1. The summed E-state index contributed by atoms with van der Waals surface area (Å²) in [7, 11) is 0. The van der Waals surface area contributed by atoms with Gasteiger partial charge < -0.3 is 14.4 Å². The number of ether oxygens (including phenoxy) is 2. The molecule has 0 N–H and O–H groups in total. The Kier molecular flexibility index (Phi) is 5.25. The quantitative estimate of drug-likeness (QED) is 0.343. The van der Waals surface area contributed by atoms with E-state index in [0.29, 0.717) is 17.1 Å². The number of allylic oxidation sites excluding steroid dienone is 2. The van der Waals surface area contributed by atoms with E-state index in [9.17, 15) is 4.79 Å². The smallest absolute Gasteiger partial charge is 0.340 e. The van der Waals surface area contributed by atoms with Gasteiger partial charge in [-0.25, -0.2) is 4.79 Å². The predicted molar refractivity (Wildman–Crippen MR) is 131 cm³/mol. The predicted octanol–water partition coefficient (Wildman–Crippen LogP) is 6.38. The third kappa shape index (κ3) is 3.23. The summed E-state index contributed by atoms with van der Waals surface area (Å²) in [5, 5.41) is 0. The van der Waals surface area contributed by atoms with Gasteiger partial charge in [0.05, 0.1) is 11.3 Å². The maximum Gasteiger partial charge on any atom is 0.340 e. The van der Waals surface area contributed by atoms with Gasteiger partial charge in [-0.2, -0.15) is 0 Å². The number of carbonyl (C=O) groups excluding carboxylic acids is 1. The van der Waals surface area contributed by atoms with Crippen LogP contribution in [0.1, 0.15) is 47.8 Å². The first kappa shape index (κ1) is 21.0. The Morgan fingerprint density at radius 1 is 0.939 bits per heavy atom. The molecule has 33 heavy (non-hydrogen) atoms. The molecule has 5 nitrogen and oxygen atoms in total. The molecular formula is C28H26N2O3. The van der Waals surface area contributed by atoms with Crippen molar-refractivity contribution < 1.29 is 14.3 Å². The second-order valence-corrected chi connectivity index (χ2v) is 8.06. The normalized spacial score (nSPS) is 18.2. The monoisotopic (exact) mass is 438 g/mol. The van der Waals surface area contributed by atoms with Crippen molar-refractivity contribution in [3.05, 3.63) is 95.1 Å². The molecule has 0 radical (unpaired) electrons. The first-order valence-corrected chi connectivity index (χ1v) is 11.3. The van der Waals surface area contributed by atoms with E-state index in [4.69, 9.17) is 9.47 Å². The number of hydrogen-bond donors (Lipinski definition) is 0. The summed E-state index contributed by atoms with van der Waals surface area (Å²) in [6.45, 7) is 7.99. The van der Waals surface area contributed by atoms with Gasteiger partial charge in [0.1, 0.15) is 11.5 Å². The van der Waals surface area contributed by atoms with Crippen molar-refractivity contribution in [2.75, 3.05) is 18.0 Å². The number of fused-ring (bicyclic) bond motifs is 6. The molecule has 2 aliphatic heterocycles. The minimum absolute atomic E-state index is 0.333. The van der Waals surface area contributed by atoms with E-state index < -0.39 is 5.60 Å². The summed E-state index contributed by atoms with van der Waals surface area (Å²) in [6.07, 6.45) is 5.54. The molecular weight excluding hydrogens is 412 g/mol. The Labute approximate surface area is 194 Å². The summed E-state index contributed by atoms with van der Waals surface area (Å²) in [4.78, 5) is 19.8. The summed E-state index contributed by atoms with van der Waals surface area (Å²) < 4.78 is 12.6. The Hall–Kier alpha value is -3.86. The zero-order valence-electron chi connectivity index (χ0n) is 19.0. The van der Waals surface area contributed by atoms with E-state index in [1.54, 1.807) is 6.21 Å². The molecule has 0 saturated carbocycles. The fraction of sp³-hybridized carbons (Fsp3) is 0.214. The van der Waals surface area contributed by atoms with Gasteiger partial charge in [0.2, 0.25) is 0 Å². The van der Waals surface area contributed by atoms with Crippen LogP contribution in [-0.4, -0.2) is 25.3 Å². The van der Waals surface area contributed by atoms with Crippen LogP contribution in [0.15, 0.2) is 77.8 Å². The van der Waals surface area contributed by atoms with Crippen LogP contribution in [-0.2, 0) is 10.3 Å². The summed E-state index contributed by atoms with van der Waals surface area (Å²) >= 11 is 0. The van der Waals surface area contributed by atoms with Crippen molar-refractivity contribution in [2.24, 2.45) is 4.99 Å². The lowest BCUT2D eigenvalue weighted by Crippen LogP contribution is -2.33. The minimum atomic E-state index is -1.08. The minimum Gasteiger partial charge on any atom is -0.456 e. The molecule has 2 aliphatic rings. The highest BCUT2D eigenvalue weighted by Crippen LogP contribution is 2.57. The second kappa shape index (κ2) is 8.24. The highest BCUT2D eigenvalue weighted by molar-refractivity contribution is 5.97. The van der Waals surface area contributed by atoms with E-state index in [1.165, 1.54) is 0 Å². The van der Waals surface area contributed by atoms with E-state index in [0.717, 1.165) is 41.2 Å². The number of rotatable bonds is 5. The van der Waals surface area contributed by atoms with Crippen molar-refractivity contribution in [1.29, 1.82) is 0 Å². The van der Waals surface area contributed by atoms with Crippen molar-refractivity contribution in [1.82, 2.24) is 0 Å². The van der Waals surface area contributed by atoms with Gasteiger partial charge >= 0.3 is 5.97 Å². The third-order valence-electron chi connectivity index (χ3n) is 6.31. The molecule has 3 aromatic rings. The maximum absolute atomic E-state index is 13.0. The number of aliphatic imine (C=N–C) groups is 1. The van der Waals surface area contributed by atoms with Crippen LogP contribution in [0.2, 0.25) is 0 Å². The number of esters is 1. The highest BCUT2D eigenvalue weighted by Gasteiger charge is 2.53. The zero-order chi connectivity index (χ0) is 23.0. The fourth-order valence-electron chi connectivity index (χ4n) is 4.73. The van der Waals surface area contributed by atoms with Crippen LogP contribution in [0, 0.1) is 0 Å². The lowest BCUT2D eigenvalue weighted by atomic mass is 9.77. The Bertz CT molecular complexity index is 1290. The van der Waals surface area contributed by atoms with Crippen LogP contribution >= 0.6 is 0 Å². The van der Waals surface area contributed by atoms with E-state index in [2.05, 4.69) is 29.8 Å². The van der Waals surface area contributed by atoms with Gasteiger partial charge in [-0.3, -0.25) is 4.99 Å². The SMILES string of the molecule is CC=CC=Nc1ccc2c(c1)C1(OC(=O)c3ccccc31)c1ccc(N(CC)CC)cc1O2. The fourth-order valence-corrected chi connectivity index (χ4v) is 4.73. The Morgan fingerprint density at radius 3 is 2.55 bits per heavy atom. The molecule has 0 fully saturated rings.